The third-order valence-corrected chi connectivity index (χ3v) is 4.80. The maximum absolute atomic E-state index is 13.1. The number of carbonyl (C=O) groups is 1. The maximum atomic E-state index is 13.1. The molecule has 0 spiro atoms. The summed E-state index contributed by atoms with van der Waals surface area (Å²) >= 11 is 0. The van der Waals surface area contributed by atoms with Crippen molar-refractivity contribution in [1.82, 2.24) is 35.2 Å². The quantitative estimate of drug-likeness (QED) is 0.712. The number of carbonyl (C=O) groups excluding carboxylic acids is 1. The Hall–Kier alpha value is -3.00. The summed E-state index contributed by atoms with van der Waals surface area (Å²) in [5, 5.41) is 14.9. The van der Waals surface area contributed by atoms with Crippen molar-refractivity contribution in [1.29, 1.82) is 0 Å². The SMILES string of the molecule is O=C(NCc1ccnc(-n2cccn2)c1)C1(n2cccn2)CCNCC1. The number of aromatic nitrogens is 5. The van der Waals surface area contributed by atoms with Crippen LogP contribution in [0.4, 0.5) is 0 Å². The summed E-state index contributed by atoms with van der Waals surface area (Å²) in [6.07, 6.45) is 10.3. The van der Waals surface area contributed by atoms with E-state index in [1.807, 2.05) is 36.7 Å². The molecule has 8 heteroatoms. The molecule has 0 radical (unpaired) electrons. The predicted octanol–water partition coefficient (Wildman–Crippen LogP) is 0.859. The van der Waals surface area contributed by atoms with Crippen LogP contribution in [0.3, 0.4) is 0 Å². The molecule has 0 aliphatic carbocycles. The van der Waals surface area contributed by atoms with Crippen molar-refractivity contribution in [3.8, 4) is 5.82 Å². The van der Waals surface area contributed by atoms with Crippen LogP contribution >= 0.6 is 0 Å². The van der Waals surface area contributed by atoms with E-state index < -0.39 is 5.54 Å². The van der Waals surface area contributed by atoms with Crippen LogP contribution in [0.25, 0.3) is 5.82 Å². The van der Waals surface area contributed by atoms with Gasteiger partial charge >= 0.3 is 0 Å². The van der Waals surface area contributed by atoms with E-state index in [0.717, 1.165) is 37.3 Å². The van der Waals surface area contributed by atoms with Crippen LogP contribution in [0, 0.1) is 0 Å². The van der Waals surface area contributed by atoms with Crippen LogP contribution in [-0.4, -0.2) is 43.5 Å². The molecule has 2 N–H and O–H groups in total. The van der Waals surface area contributed by atoms with Crippen molar-refractivity contribution in [3.63, 3.8) is 0 Å². The molecule has 3 aromatic heterocycles. The van der Waals surface area contributed by atoms with Gasteiger partial charge in [0.25, 0.3) is 0 Å². The molecule has 0 aromatic carbocycles. The first kappa shape index (κ1) is 16.5. The van der Waals surface area contributed by atoms with Gasteiger partial charge in [-0.25, -0.2) is 9.67 Å². The van der Waals surface area contributed by atoms with Crippen LogP contribution in [0.15, 0.2) is 55.2 Å². The van der Waals surface area contributed by atoms with Crippen molar-refractivity contribution in [2.45, 2.75) is 24.9 Å². The van der Waals surface area contributed by atoms with Gasteiger partial charge in [-0.1, -0.05) is 0 Å². The van der Waals surface area contributed by atoms with E-state index in [1.54, 1.807) is 28.0 Å². The predicted molar refractivity (Wildman–Crippen MR) is 95.5 cm³/mol. The van der Waals surface area contributed by atoms with E-state index >= 15 is 0 Å². The molecule has 1 amide bonds. The van der Waals surface area contributed by atoms with E-state index in [1.165, 1.54) is 0 Å². The summed E-state index contributed by atoms with van der Waals surface area (Å²) in [6, 6.07) is 7.53. The molecule has 4 rings (SSSR count). The van der Waals surface area contributed by atoms with Gasteiger partial charge in [-0.05, 0) is 55.8 Å². The molecule has 8 nitrogen and oxygen atoms in total. The highest BCUT2D eigenvalue weighted by molar-refractivity contribution is 5.84. The summed E-state index contributed by atoms with van der Waals surface area (Å²) in [7, 11) is 0. The number of amides is 1. The smallest absolute Gasteiger partial charge is 0.248 e. The molecule has 1 saturated heterocycles. The van der Waals surface area contributed by atoms with Gasteiger partial charge in [-0.3, -0.25) is 9.48 Å². The van der Waals surface area contributed by atoms with Gasteiger partial charge in [0.1, 0.15) is 5.54 Å². The molecule has 0 unspecified atom stereocenters. The van der Waals surface area contributed by atoms with Gasteiger partial charge in [-0.2, -0.15) is 10.2 Å². The van der Waals surface area contributed by atoms with Crippen molar-refractivity contribution in [2.75, 3.05) is 13.1 Å². The van der Waals surface area contributed by atoms with E-state index in [2.05, 4.69) is 25.8 Å². The topological polar surface area (TPSA) is 89.7 Å². The highest BCUT2D eigenvalue weighted by Crippen LogP contribution is 2.27. The van der Waals surface area contributed by atoms with Gasteiger partial charge in [0.05, 0.1) is 0 Å². The molecular formula is C18H21N7O. The molecule has 134 valence electrons. The summed E-state index contributed by atoms with van der Waals surface area (Å²) < 4.78 is 3.49. The molecule has 3 aromatic rings. The Morgan fingerprint density at radius 2 is 1.96 bits per heavy atom. The summed E-state index contributed by atoms with van der Waals surface area (Å²) in [5.41, 5.74) is 0.343. The third-order valence-electron chi connectivity index (χ3n) is 4.80. The number of hydrogen-bond acceptors (Lipinski definition) is 5. The second kappa shape index (κ2) is 7.09. The first-order valence-electron chi connectivity index (χ1n) is 8.72. The van der Waals surface area contributed by atoms with Gasteiger partial charge in [-0.15, -0.1) is 0 Å². The largest absolute Gasteiger partial charge is 0.350 e. The van der Waals surface area contributed by atoms with Crippen LogP contribution in [0.5, 0.6) is 0 Å². The number of rotatable bonds is 5. The Labute approximate surface area is 151 Å². The van der Waals surface area contributed by atoms with E-state index in [0.29, 0.717) is 6.54 Å². The van der Waals surface area contributed by atoms with Gasteiger partial charge in [0.15, 0.2) is 5.82 Å². The zero-order valence-electron chi connectivity index (χ0n) is 14.4. The van der Waals surface area contributed by atoms with E-state index in [4.69, 9.17) is 0 Å². The fourth-order valence-corrected chi connectivity index (χ4v) is 3.37. The maximum Gasteiger partial charge on any atom is 0.248 e. The minimum atomic E-state index is -0.632. The van der Waals surface area contributed by atoms with Gasteiger partial charge in [0, 0.05) is 37.5 Å². The molecule has 0 saturated carbocycles. The molecule has 0 atom stereocenters. The van der Waals surface area contributed by atoms with Crippen LogP contribution in [-0.2, 0) is 16.9 Å². The molecule has 1 aliphatic heterocycles. The number of nitrogens with one attached hydrogen (secondary N) is 2. The Morgan fingerprint density at radius 1 is 1.15 bits per heavy atom. The minimum absolute atomic E-state index is 0.000140. The van der Waals surface area contributed by atoms with Gasteiger partial charge in [0.2, 0.25) is 5.91 Å². The first-order chi connectivity index (χ1) is 12.8. The van der Waals surface area contributed by atoms with Crippen molar-refractivity contribution in [2.24, 2.45) is 0 Å². The minimum Gasteiger partial charge on any atom is -0.350 e. The summed E-state index contributed by atoms with van der Waals surface area (Å²) in [4.78, 5) is 17.4. The Kier molecular flexibility index (Phi) is 4.49. The Balaban J connectivity index is 1.50. The van der Waals surface area contributed by atoms with Crippen molar-refractivity contribution < 1.29 is 4.79 Å². The highest BCUT2D eigenvalue weighted by atomic mass is 16.2. The molecule has 0 bridgehead atoms. The van der Waals surface area contributed by atoms with Crippen LogP contribution in [0.2, 0.25) is 0 Å². The normalized spacial score (nSPS) is 16.3. The molecular weight excluding hydrogens is 330 g/mol. The first-order valence-corrected chi connectivity index (χ1v) is 8.72. The number of pyridine rings is 1. The average Bonchev–Trinajstić information content (AvgIpc) is 3.41. The molecule has 4 heterocycles. The number of nitrogens with zero attached hydrogens (tertiary/aromatic N) is 5. The average molecular weight is 351 g/mol. The van der Waals surface area contributed by atoms with Crippen LogP contribution < -0.4 is 10.6 Å². The molecule has 26 heavy (non-hydrogen) atoms. The Bertz CT molecular complexity index is 852. The van der Waals surface area contributed by atoms with Gasteiger partial charge < -0.3 is 10.6 Å². The summed E-state index contributed by atoms with van der Waals surface area (Å²) in [6.45, 7) is 2.03. The fourth-order valence-electron chi connectivity index (χ4n) is 3.37. The lowest BCUT2D eigenvalue weighted by Crippen LogP contribution is -2.54. The fraction of sp³-hybridized carbons (Fsp3) is 0.333. The monoisotopic (exact) mass is 351 g/mol. The van der Waals surface area contributed by atoms with Crippen molar-refractivity contribution >= 4 is 5.91 Å². The van der Waals surface area contributed by atoms with Crippen LogP contribution in [0.1, 0.15) is 18.4 Å². The lowest BCUT2D eigenvalue weighted by Gasteiger charge is -2.36. The second-order valence-electron chi connectivity index (χ2n) is 6.39. The molecule has 1 aliphatic rings. The van der Waals surface area contributed by atoms with E-state index in [-0.39, 0.29) is 5.91 Å². The standard InChI is InChI=1S/C18H21N7O/c26-17(18(4-9-19-10-5-18)25-12-2-7-23-25)21-14-15-3-8-20-16(13-15)24-11-1-6-22-24/h1-3,6-8,11-13,19H,4-5,9-10,14H2,(H,21,26). The Morgan fingerprint density at radius 3 is 2.69 bits per heavy atom. The number of hydrogen-bond donors (Lipinski definition) is 2. The lowest BCUT2D eigenvalue weighted by atomic mass is 9.87. The number of piperidine rings is 1. The second-order valence-corrected chi connectivity index (χ2v) is 6.39. The zero-order valence-corrected chi connectivity index (χ0v) is 14.4. The van der Waals surface area contributed by atoms with Crippen molar-refractivity contribution in [3.05, 3.63) is 60.8 Å². The molecule has 1 fully saturated rings. The zero-order chi connectivity index (χ0) is 17.8. The third kappa shape index (κ3) is 3.11. The lowest BCUT2D eigenvalue weighted by molar-refractivity contribution is -0.132. The highest BCUT2D eigenvalue weighted by Gasteiger charge is 2.41. The summed E-state index contributed by atoms with van der Waals surface area (Å²) in [5.74, 6) is 0.727. The van der Waals surface area contributed by atoms with E-state index in [9.17, 15) is 4.79 Å².